The van der Waals surface area contributed by atoms with Crippen molar-refractivity contribution in [1.29, 1.82) is 0 Å². The standard InChI is InChI=1S/C13H23N3O3/c1-16(9-15-14)6-5-10-7-11(17-2)13(19-4)12(8-10)18-3/h7-8,15H,5-6,9,14H2,1-4H3. The van der Waals surface area contributed by atoms with Crippen LogP contribution in [0.2, 0.25) is 0 Å². The first-order chi connectivity index (χ1) is 9.15. The zero-order valence-electron chi connectivity index (χ0n) is 12.0. The van der Waals surface area contributed by atoms with Gasteiger partial charge in [-0.1, -0.05) is 0 Å². The van der Waals surface area contributed by atoms with Gasteiger partial charge in [0.1, 0.15) is 0 Å². The molecule has 0 aliphatic rings. The molecule has 19 heavy (non-hydrogen) atoms. The van der Waals surface area contributed by atoms with Crippen molar-refractivity contribution in [3.8, 4) is 17.2 Å². The fourth-order valence-corrected chi connectivity index (χ4v) is 1.83. The van der Waals surface area contributed by atoms with Gasteiger partial charge in [0.25, 0.3) is 0 Å². The number of nitrogens with two attached hydrogens (primary N) is 1. The molecule has 0 bridgehead atoms. The highest BCUT2D eigenvalue weighted by atomic mass is 16.5. The van der Waals surface area contributed by atoms with Crippen molar-refractivity contribution in [2.45, 2.75) is 6.42 Å². The highest BCUT2D eigenvalue weighted by Crippen LogP contribution is 2.38. The van der Waals surface area contributed by atoms with Crippen molar-refractivity contribution in [1.82, 2.24) is 10.3 Å². The normalized spacial score (nSPS) is 10.6. The van der Waals surface area contributed by atoms with Gasteiger partial charge < -0.3 is 14.2 Å². The molecule has 0 spiro atoms. The van der Waals surface area contributed by atoms with E-state index >= 15 is 0 Å². The van der Waals surface area contributed by atoms with Crippen molar-refractivity contribution >= 4 is 0 Å². The Morgan fingerprint density at radius 3 is 2.11 bits per heavy atom. The predicted molar refractivity (Wildman–Crippen MR) is 74.6 cm³/mol. The van der Waals surface area contributed by atoms with Crippen molar-refractivity contribution in [3.63, 3.8) is 0 Å². The number of nitrogens with zero attached hydrogens (tertiary/aromatic N) is 1. The van der Waals surface area contributed by atoms with E-state index < -0.39 is 0 Å². The number of rotatable bonds is 8. The molecule has 108 valence electrons. The number of ether oxygens (including phenoxy) is 3. The van der Waals surface area contributed by atoms with E-state index in [1.54, 1.807) is 21.3 Å². The summed E-state index contributed by atoms with van der Waals surface area (Å²) in [5.41, 5.74) is 3.75. The average molecular weight is 269 g/mol. The zero-order chi connectivity index (χ0) is 14.3. The van der Waals surface area contributed by atoms with Crippen LogP contribution in [0.25, 0.3) is 0 Å². The third-order valence-corrected chi connectivity index (χ3v) is 2.87. The Kier molecular flexibility index (Phi) is 6.41. The molecule has 0 atom stereocenters. The van der Waals surface area contributed by atoms with Crippen LogP contribution in [0.15, 0.2) is 12.1 Å². The molecule has 0 heterocycles. The molecule has 0 aromatic heterocycles. The lowest BCUT2D eigenvalue weighted by atomic mass is 10.1. The molecule has 0 amide bonds. The fourth-order valence-electron chi connectivity index (χ4n) is 1.83. The van der Waals surface area contributed by atoms with Gasteiger partial charge in [-0.3, -0.25) is 10.7 Å². The summed E-state index contributed by atoms with van der Waals surface area (Å²) in [4.78, 5) is 2.09. The van der Waals surface area contributed by atoms with Crippen molar-refractivity contribution in [3.05, 3.63) is 17.7 Å². The van der Waals surface area contributed by atoms with Crippen molar-refractivity contribution in [2.75, 3.05) is 41.6 Å². The lowest BCUT2D eigenvalue weighted by molar-refractivity contribution is 0.310. The number of nitrogens with one attached hydrogen (secondary N) is 1. The molecule has 0 saturated heterocycles. The highest BCUT2D eigenvalue weighted by molar-refractivity contribution is 5.53. The molecule has 3 N–H and O–H groups in total. The molecule has 0 saturated carbocycles. The second-order valence-corrected chi connectivity index (χ2v) is 4.23. The summed E-state index contributed by atoms with van der Waals surface area (Å²) in [5, 5.41) is 0. The van der Waals surface area contributed by atoms with Gasteiger partial charge in [0.2, 0.25) is 5.75 Å². The molecule has 6 nitrogen and oxygen atoms in total. The van der Waals surface area contributed by atoms with E-state index in [0.717, 1.165) is 18.5 Å². The molecular weight excluding hydrogens is 246 g/mol. The zero-order valence-corrected chi connectivity index (χ0v) is 12.0. The lowest BCUT2D eigenvalue weighted by Crippen LogP contribution is -2.36. The van der Waals surface area contributed by atoms with Crippen LogP contribution in [0, 0.1) is 0 Å². The van der Waals surface area contributed by atoms with Gasteiger partial charge in [-0.2, -0.15) is 0 Å². The van der Waals surface area contributed by atoms with Gasteiger partial charge in [-0.05, 0) is 31.2 Å². The maximum atomic E-state index is 5.32. The van der Waals surface area contributed by atoms with Crippen LogP contribution in [-0.4, -0.2) is 46.5 Å². The maximum absolute atomic E-state index is 5.32. The van der Waals surface area contributed by atoms with Crippen LogP contribution >= 0.6 is 0 Å². The molecule has 1 rings (SSSR count). The van der Waals surface area contributed by atoms with Gasteiger partial charge >= 0.3 is 0 Å². The molecule has 1 aromatic carbocycles. The quantitative estimate of drug-likeness (QED) is 0.409. The number of hydrogen-bond acceptors (Lipinski definition) is 6. The minimum atomic E-state index is 0.616. The third-order valence-electron chi connectivity index (χ3n) is 2.87. The van der Waals surface area contributed by atoms with E-state index in [9.17, 15) is 0 Å². The molecule has 6 heteroatoms. The number of hydrazine groups is 1. The Balaban J connectivity index is 2.84. The van der Waals surface area contributed by atoms with E-state index in [1.807, 2.05) is 19.2 Å². The first-order valence-corrected chi connectivity index (χ1v) is 6.07. The van der Waals surface area contributed by atoms with Crippen LogP contribution in [0.1, 0.15) is 5.56 Å². The summed E-state index contributed by atoms with van der Waals surface area (Å²) in [6.07, 6.45) is 0.870. The van der Waals surface area contributed by atoms with Gasteiger partial charge in [0, 0.05) is 6.54 Å². The minimum Gasteiger partial charge on any atom is -0.493 e. The smallest absolute Gasteiger partial charge is 0.203 e. The molecule has 0 aliphatic heterocycles. The van der Waals surface area contributed by atoms with E-state index in [2.05, 4.69) is 10.3 Å². The second-order valence-electron chi connectivity index (χ2n) is 4.23. The van der Waals surface area contributed by atoms with Crippen LogP contribution in [0.5, 0.6) is 17.2 Å². The lowest BCUT2D eigenvalue weighted by Gasteiger charge is -2.17. The first kappa shape index (κ1) is 15.6. The summed E-state index contributed by atoms with van der Waals surface area (Å²) in [7, 11) is 6.83. The molecule has 0 fully saturated rings. The Morgan fingerprint density at radius 1 is 1.11 bits per heavy atom. The van der Waals surface area contributed by atoms with Gasteiger partial charge in [0.05, 0.1) is 28.0 Å². The molecular formula is C13H23N3O3. The topological polar surface area (TPSA) is 69.0 Å². The monoisotopic (exact) mass is 269 g/mol. The van der Waals surface area contributed by atoms with Crippen molar-refractivity contribution < 1.29 is 14.2 Å². The van der Waals surface area contributed by atoms with Crippen molar-refractivity contribution in [2.24, 2.45) is 5.84 Å². The Hall–Kier alpha value is -1.50. The predicted octanol–water partition coefficient (Wildman–Crippen LogP) is 0.608. The second kappa shape index (κ2) is 7.83. The Labute approximate surface area is 114 Å². The van der Waals surface area contributed by atoms with E-state index in [-0.39, 0.29) is 0 Å². The number of methoxy groups -OCH3 is 3. The molecule has 0 radical (unpaired) electrons. The van der Waals surface area contributed by atoms with E-state index in [1.165, 1.54) is 0 Å². The fraction of sp³-hybridized carbons (Fsp3) is 0.538. The van der Waals surface area contributed by atoms with Crippen LogP contribution < -0.4 is 25.5 Å². The van der Waals surface area contributed by atoms with Crippen LogP contribution in [0.3, 0.4) is 0 Å². The summed E-state index contributed by atoms with van der Waals surface area (Å²) < 4.78 is 15.9. The minimum absolute atomic E-state index is 0.616. The van der Waals surface area contributed by atoms with E-state index in [0.29, 0.717) is 23.9 Å². The average Bonchev–Trinajstić information content (AvgIpc) is 2.44. The summed E-state index contributed by atoms with van der Waals surface area (Å²) in [6, 6.07) is 3.93. The highest BCUT2D eigenvalue weighted by Gasteiger charge is 2.13. The summed E-state index contributed by atoms with van der Waals surface area (Å²) >= 11 is 0. The summed E-state index contributed by atoms with van der Waals surface area (Å²) in [5.74, 6) is 7.25. The summed E-state index contributed by atoms with van der Waals surface area (Å²) in [6.45, 7) is 1.52. The van der Waals surface area contributed by atoms with E-state index in [4.69, 9.17) is 20.1 Å². The largest absolute Gasteiger partial charge is 0.493 e. The number of benzene rings is 1. The van der Waals surface area contributed by atoms with Gasteiger partial charge in [-0.25, -0.2) is 5.43 Å². The molecule has 1 aromatic rings. The van der Waals surface area contributed by atoms with Crippen LogP contribution in [-0.2, 0) is 6.42 Å². The molecule has 0 unspecified atom stereocenters. The number of likely N-dealkylation sites (N-methyl/N-ethyl adjacent to an activating group) is 1. The Morgan fingerprint density at radius 2 is 1.68 bits per heavy atom. The SMILES string of the molecule is COc1cc(CCN(C)CNN)cc(OC)c1OC. The first-order valence-electron chi connectivity index (χ1n) is 6.07. The molecule has 0 aliphatic carbocycles. The third kappa shape index (κ3) is 4.27. The van der Waals surface area contributed by atoms with Gasteiger partial charge in [-0.15, -0.1) is 0 Å². The Bertz CT molecular complexity index is 374. The van der Waals surface area contributed by atoms with Gasteiger partial charge in [0.15, 0.2) is 11.5 Å². The van der Waals surface area contributed by atoms with Crippen LogP contribution in [0.4, 0.5) is 0 Å². The maximum Gasteiger partial charge on any atom is 0.203 e. The number of hydrogen-bond donors (Lipinski definition) is 2.